The lowest BCUT2D eigenvalue weighted by atomic mass is 10.00. The van der Waals surface area contributed by atoms with Gasteiger partial charge in [0.1, 0.15) is 5.69 Å². The standard InChI is InChI=1S/C20H19ClF3N7O/c21-13-1-2-14(20(22,23)24)12(6-13)10-31-4-3-26-19-16(31)7-15(28-29-19)18-27-17(32-30-18)5-11-8-25-9-11/h1-2,6-7,11,25H,3-5,8-10H2,(H,26,29). The van der Waals surface area contributed by atoms with Crippen molar-refractivity contribution in [2.24, 2.45) is 5.92 Å². The SMILES string of the molecule is FC(F)(F)c1ccc(Cl)cc1CN1CCNc2nnc(-c3noc(CC4CNC4)n3)cc21. The van der Waals surface area contributed by atoms with E-state index in [1.54, 1.807) is 6.07 Å². The van der Waals surface area contributed by atoms with Gasteiger partial charge in [-0.05, 0) is 48.8 Å². The number of rotatable bonds is 5. The molecule has 12 heteroatoms. The number of anilines is 2. The van der Waals surface area contributed by atoms with Gasteiger partial charge in [0, 0.05) is 31.1 Å². The Morgan fingerprint density at radius 3 is 2.78 bits per heavy atom. The number of benzene rings is 1. The van der Waals surface area contributed by atoms with Crippen LogP contribution in [0.25, 0.3) is 11.5 Å². The second-order valence-electron chi connectivity index (χ2n) is 7.85. The summed E-state index contributed by atoms with van der Waals surface area (Å²) < 4.78 is 45.9. The smallest absolute Gasteiger partial charge is 0.365 e. The van der Waals surface area contributed by atoms with E-state index in [0.717, 1.165) is 19.2 Å². The molecular formula is C20H19ClF3N7O. The molecule has 0 unspecified atom stereocenters. The van der Waals surface area contributed by atoms with Crippen LogP contribution >= 0.6 is 11.6 Å². The zero-order valence-corrected chi connectivity index (χ0v) is 17.5. The van der Waals surface area contributed by atoms with Crippen LogP contribution < -0.4 is 15.5 Å². The van der Waals surface area contributed by atoms with Crippen LogP contribution in [0, 0.1) is 5.92 Å². The first-order valence-electron chi connectivity index (χ1n) is 10.1. The molecule has 1 aromatic carbocycles. The number of fused-ring (bicyclic) bond motifs is 1. The molecule has 2 N–H and O–H groups in total. The number of hydrogen-bond donors (Lipinski definition) is 2. The summed E-state index contributed by atoms with van der Waals surface area (Å²) >= 11 is 5.99. The molecule has 2 aromatic heterocycles. The summed E-state index contributed by atoms with van der Waals surface area (Å²) in [6.07, 6.45) is -3.80. The molecule has 0 bridgehead atoms. The summed E-state index contributed by atoms with van der Waals surface area (Å²) in [5, 5.41) is 18.9. The van der Waals surface area contributed by atoms with Crippen LogP contribution in [0.3, 0.4) is 0 Å². The van der Waals surface area contributed by atoms with Crippen molar-refractivity contribution < 1.29 is 17.7 Å². The Hall–Kier alpha value is -2.92. The Morgan fingerprint density at radius 2 is 2.03 bits per heavy atom. The molecule has 32 heavy (non-hydrogen) atoms. The first-order valence-corrected chi connectivity index (χ1v) is 10.5. The van der Waals surface area contributed by atoms with E-state index in [4.69, 9.17) is 16.1 Å². The first kappa shape index (κ1) is 21.0. The monoisotopic (exact) mass is 465 g/mol. The summed E-state index contributed by atoms with van der Waals surface area (Å²) in [4.78, 5) is 6.22. The third kappa shape index (κ3) is 4.22. The van der Waals surface area contributed by atoms with Crippen molar-refractivity contribution in [3.05, 3.63) is 46.3 Å². The van der Waals surface area contributed by atoms with Gasteiger partial charge < -0.3 is 20.1 Å². The Balaban J connectivity index is 1.43. The number of nitrogens with zero attached hydrogens (tertiary/aromatic N) is 5. The average Bonchev–Trinajstić information content (AvgIpc) is 3.19. The normalized spacial score (nSPS) is 16.4. The third-order valence-electron chi connectivity index (χ3n) is 5.55. The second-order valence-corrected chi connectivity index (χ2v) is 8.29. The van der Waals surface area contributed by atoms with Crippen molar-refractivity contribution in [3.63, 3.8) is 0 Å². The fourth-order valence-corrected chi connectivity index (χ4v) is 4.00. The zero-order valence-electron chi connectivity index (χ0n) is 16.8. The van der Waals surface area contributed by atoms with Crippen molar-refractivity contribution in [1.82, 2.24) is 25.7 Å². The van der Waals surface area contributed by atoms with Gasteiger partial charge in [-0.3, -0.25) is 0 Å². The van der Waals surface area contributed by atoms with Gasteiger partial charge in [-0.1, -0.05) is 16.8 Å². The van der Waals surface area contributed by atoms with Crippen molar-refractivity contribution >= 4 is 23.1 Å². The molecule has 8 nitrogen and oxygen atoms in total. The van der Waals surface area contributed by atoms with Crippen LogP contribution in [0.15, 0.2) is 28.8 Å². The maximum atomic E-state index is 13.5. The van der Waals surface area contributed by atoms with Gasteiger partial charge in [0.2, 0.25) is 11.7 Å². The van der Waals surface area contributed by atoms with E-state index >= 15 is 0 Å². The lowest BCUT2D eigenvalue weighted by molar-refractivity contribution is -0.138. The fourth-order valence-electron chi connectivity index (χ4n) is 3.81. The van der Waals surface area contributed by atoms with Crippen LogP contribution in [0.2, 0.25) is 5.02 Å². The van der Waals surface area contributed by atoms with E-state index in [1.807, 2.05) is 4.90 Å². The molecule has 0 radical (unpaired) electrons. The van der Waals surface area contributed by atoms with Gasteiger partial charge in [-0.25, -0.2) is 0 Å². The predicted octanol–water partition coefficient (Wildman–Crippen LogP) is 3.39. The first-order chi connectivity index (χ1) is 15.4. The molecular weight excluding hydrogens is 447 g/mol. The van der Waals surface area contributed by atoms with E-state index in [2.05, 4.69) is 31.0 Å². The highest BCUT2D eigenvalue weighted by Gasteiger charge is 2.34. The quantitative estimate of drug-likeness (QED) is 0.592. The van der Waals surface area contributed by atoms with E-state index in [1.165, 1.54) is 12.1 Å². The summed E-state index contributed by atoms with van der Waals surface area (Å²) in [7, 11) is 0. The van der Waals surface area contributed by atoms with E-state index in [9.17, 15) is 13.2 Å². The average molecular weight is 466 g/mol. The molecule has 0 aliphatic carbocycles. The van der Waals surface area contributed by atoms with E-state index in [-0.39, 0.29) is 17.1 Å². The van der Waals surface area contributed by atoms with Crippen LogP contribution in [-0.4, -0.2) is 46.5 Å². The lowest BCUT2D eigenvalue weighted by Crippen LogP contribution is -2.43. The Morgan fingerprint density at radius 1 is 1.19 bits per heavy atom. The molecule has 3 aromatic rings. The molecule has 2 aliphatic heterocycles. The van der Waals surface area contributed by atoms with Crippen molar-refractivity contribution in [2.75, 3.05) is 36.4 Å². The van der Waals surface area contributed by atoms with Gasteiger partial charge in [0.25, 0.3) is 0 Å². The number of aromatic nitrogens is 4. The highest BCUT2D eigenvalue weighted by Crippen LogP contribution is 2.36. The predicted molar refractivity (Wildman–Crippen MR) is 111 cm³/mol. The second kappa shape index (κ2) is 8.21. The zero-order chi connectivity index (χ0) is 22.3. The summed E-state index contributed by atoms with van der Waals surface area (Å²) in [6.45, 7) is 2.85. The largest absolute Gasteiger partial charge is 0.416 e. The van der Waals surface area contributed by atoms with Crippen LogP contribution in [0.4, 0.5) is 24.7 Å². The van der Waals surface area contributed by atoms with E-state index in [0.29, 0.717) is 54.3 Å². The highest BCUT2D eigenvalue weighted by atomic mass is 35.5. The lowest BCUT2D eigenvalue weighted by Gasteiger charge is -2.31. The molecule has 4 heterocycles. The van der Waals surface area contributed by atoms with Gasteiger partial charge >= 0.3 is 6.18 Å². The third-order valence-corrected chi connectivity index (χ3v) is 5.78. The molecule has 0 saturated carbocycles. The van der Waals surface area contributed by atoms with Crippen LogP contribution in [-0.2, 0) is 19.1 Å². The van der Waals surface area contributed by atoms with Gasteiger partial charge in [-0.15, -0.1) is 10.2 Å². The maximum absolute atomic E-state index is 13.5. The Labute approximate surface area is 186 Å². The summed E-state index contributed by atoms with van der Waals surface area (Å²) in [6, 6.07) is 5.32. The summed E-state index contributed by atoms with van der Waals surface area (Å²) in [5.74, 6) is 1.78. The molecule has 1 saturated heterocycles. The molecule has 0 spiro atoms. The van der Waals surface area contributed by atoms with Gasteiger partial charge in [-0.2, -0.15) is 18.2 Å². The maximum Gasteiger partial charge on any atom is 0.416 e. The minimum Gasteiger partial charge on any atom is -0.365 e. The molecule has 2 aliphatic rings. The minimum absolute atomic E-state index is 0.0153. The Bertz CT molecular complexity index is 1130. The van der Waals surface area contributed by atoms with Crippen LogP contribution in [0.1, 0.15) is 17.0 Å². The number of halogens is 4. The molecule has 1 fully saturated rings. The molecule has 168 valence electrons. The number of nitrogens with one attached hydrogen (secondary N) is 2. The minimum atomic E-state index is -4.48. The molecule has 5 rings (SSSR count). The summed E-state index contributed by atoms with van der Waals surface area (Å²) in [5.41, 5.74) is 0.384. The molecule has 0 atom stereocenters. The van der Waals surface area contributed by atoms with E-state index < -0.39 is 11.7 Å². The van der Waals surface area contributed by atoms with Gasteiger partial charge in [0.05, 0.1) is 11.3 Å². The number of hydrogen-bond acceptors (Lipinski definition) is 8. The fraction of sp³-hybridized carbons (Fsp3) is 0.400. The highest BCUT2D eigenvalue weighted by molar-refractivity contribution is 6.30. The Kier molecular flexibility index (Phi) is 5.38. The number of alkyl halides is 3. The van der Waals surface area contributed by atoms with Crippen LogP contribution in [0.5, 0.6) is 0 Å². The van der Waals surface area contributed by atoms with Crippen molar-refractivity contribution in [2.45, 2.75) is 19.1 Å². The van der Waals surface area contributed by atoms with Gasteiger partial charge in [0.15, 0.2) is 5.82 Å². The van der Waals surface area contributed by atoms with Crippen molar-refractivity contribution in [3.8, 4) is 11.5 Å². The molecule has 0 amide bonds. The topological polar surface area (TPSA) is 92.0 Å². The van der Waals surface area contributed by atoms with Crippen molar-refractivity contribution in [1.29, 1.82) is 0 Å².